The van der Waals surface area contributed by atoms with Crippen molar-refractivity contribution in [3.05, 3.63) is 12.2 Å². The number of esters is 1. The topological polar surface area (TPSA) is 143 Å². The molecular formula is C24H38N4O6S2. The zero-order chi connectivity index (χ0) is 27.0. The molecule has 1 saturated heterocycles. The van der Waals surface area contributed by atoms with Gasteiger partial charge in [-0.3, -0.25) is 19.2 Å². The second kappa shape index (κ2) is 13.4. The highest BCUT2D eigenvalue weighted by atomic mass is 33.1. The Bertz CT molecular complexity index is 877. The van der Waals surface area contributed by atoms with Crippen LogP contribution in [-0.4, -0.2) is 70.9 Å². The average molecular weight is 543 g/mol. The number of ether oxygens (including phenoxy) is 1. The molecule has 0 aromatic rings. The van der Waals surface area contributed by atoms with Crippen LogP contribution in [0.1, 0.15) is 54.4 Å². The maximum atomic E-state index is 13.2. The third kappa shape index (κ3) is 8.72. The lowest BCUT2D eigenvalue weighted by Gasteiger charge is -2.32. The van der Waals surface area contributed by atoms with E-state index in [0.29, 0.717) is 12.2 Å². The number of nitrogens with one attached hydrogen (secondary N) is 4. The van der Waals surface area contributed by atoms with Gasteiger partial charge in [-0.15, -0.1) is 0 Å². The van der Waals surface area contributed by atoms with Crippen molar-refractivity contribution in [2.75, 3.05) is 11.5 Å². The Hall–Kier alpha value is -2.21. The maximum Gasteiger partial charge on any atom is 0.329 e. The van der Waals surface area contributed by atoms with E-state index in [1.165, 1.54) is 35.4 Å². The van der Waals surface area contributed by atoms with Crippen LogP contribution in [0.25, 0.3) is 0 Å². The van der Waals surface area contributed by atoms with Crippen LogP contribution in [0, 0.1) is 11.8 Å². The highest BCUT2D eigenvalue weighted by molar-refractivity contribution is 8.76. The van der Waals surface area contributed by atoms with Crippen LogP contribution in [0.2, 0.25) is 0 Å². The Balaban J connectivity index is 2.55. The summed E-state index contributed by atoms with van der Waals surface area (Å²) in [5, 5.41) is 10.9. The molecule has 2 aliphatic heterocycles. The molecule has 36 heavy (non-hydrogen) atoms. The number of fused-ring (bicyclic) bond motifs is 7. The molecule has 0 radical (unpaired) electrons. The van der Waals surface area contributed by atoms with E-state index >= 15 is 0 Å². The van der Waals surface area contributed by atoms with Crippen molar-refractivity contribution in [3.8, 4) is 0 Å². The van der Waals surface area contributed by atoms with Crippen LogP contribution in [-0.2, 0) is 28.7 Å². The lowest BCUT2D eigenvalue weighted by molar-refractivity contribution is -0.154. The second-order valence-corrected chi connectivity index (χ2v) is 12.8. The van der Waals surface area contributed by atoms with Gasteiger partial charge in [0.15, 0.2) is 0 Å². The van der Waals surface area contributed by atoms with Gasteiger partial charge in [0.2, 0.25) is 23.6 Å². The van der Waals surface area contributed by atoms with Crippen LogP contribution >= 0.6 is 21.6 Å². The highest BCUT2D eigenvalue weighted by Gasteiger charge is 2.38. The molecule has 2 aliphatic rings. The van der Waals surface area contributed by atoms with Gasteiger partial charge >= 0.3 is 5.97 Å². The van der Waals surface area contributed by atoms with Gasteiger partial charge in [-0.2, -0.15) is 0 Å². The first-order valence-electron chi connectivity index (χ1n) is 12.2. The Labute approximate surface area is 220 Å². The third-order valence-corrected chi connectivity index (χ3v) is 8.25. The number of carbonyl (C=O) groups is 5. The minimum atomic E-state index is -1.37. The molecule has 0 aliphatic carbocycles. The monoisotopic (exact) mass is 542 g/mol. The molecule has 1 unspecified atom stereocenters. The summed E-state index contributed by atoms with van der Waals surface area (Å²) < 4.78 is 5.67. The van der Waals surface area contributed by atoms with Gasteiger partial charge in [0, 0.05) is 11.5 Å². The highest BCUT2D eigenvalue weighted by Crippen LogP contribution is 2.24. The predicted molar refractivity (Wildman–Crippen MR) is 141 cm³/mol. The summed E-state index contributed by atoms with van der Waals surface area (Å²) in [4.78, 5) is 65.5. The van der Waals surface area contributed by atoms with Gasteiger partial charge in [0.1, 0.15) is 29.8 Å². The molecule has 4 amide bonds. The number of allylic oxidation sites excluding steroid dienone is 1. The van der Waals surface area contributed by atoms with Gasteiger partial charge < -0.3 is 26.0 Å². The molecule has 4 N–H and O–H groups in total. The van der Waals surface area contributed by atoms with Crippen molar-refractivity contribution in [3.63, 3.8) is 0 Å². The molecule has 12 heteroatoms. The molecule has 0 aromatic carbocycles. The molecule has 202 valence electrons. The van der Waals surface area contributed by atoms with Crippen LogP contribution < -0.4 is 21.3 Å². The zero-order valence-corrected chi connectivity index (χ0v) is 23.3. The summed E-state index contributed by atoms with van der Waals surface area (Å²) in [6.45, 7) is 10.2. The van der Waals surface area contributed by atoms with E-state index in [9.17, 15) is 24.0 Å². The minimum absolute atomic E-state index is 0.186. The van der Waals surface area contributed by atoms with Crippen molar-refractivity contribution < 1.29 is 28.7 Å². The fourth-order valence-corrected chi connectivity index (χ4v) is 5.73. The summed E-state index contributed by atoms with van der Waals surface area (Å²) in [7, 11) is 2.97. The Morgan fingerprint density at radius 1 is 0.917 bits per heavy atom. The maximum absolute atomic E-state index is 13.2. The lowest BCUT2D eigenvalue weighted by atomic mass is 9.99. The summed E-state index contributed by atoms with van der Waals surface area (Å²) >= 11 is 0. The van der Waals surface area contributed by atoms with Gasteiger partial charge in [0.25, 0.3) is 0 Å². The van der Waals surface area contributed by atoms with E-state index in [0.717, 1.165) is 0 Å². The summed E-state index contributed by atoms with van der Waals surface area (Å²) in [5.74, 6) is -2.35. The Morgan fingerprint density at radius 3 is 2.22 bits per heavy atom. The SMILES string of the molecule is CC(C)[C@@H]1NC(=O)CC2/C=C/CCSSC[C@@H](NC1=O)C(=O)NC(C)(C)C(=O)N[C@@H](C(C)C)C(=O)O2. The van der Waals surface area contributed by atoms with E-state index in [-0.39, 0.29) is 24.0 Å². The van der Waals surface area contributed by atoms with Crippen molar-refractivity contribution in [2.24, 2.45) is 11.8 Å². The van der Waals surface area contributed by atoms with Gasteiger partial charge in [-0.25, -0.2) is 4.79 Å². The second-order valence-electron chi connectivity index (χ2n) is 10.2. The number of amides is 4. The van der Waals surface area contributed by atoms with Crippen LogP contribution in [0.3, 0.4) is 0 Å². The molecular weight excluding hydrogens is 504 g/mol. The fourth-order valence-electron chi connectivity index (χ4n) is 3.58. The number of carbonyl (C=O) groups excluding carboxylic acids is 5. The van der Waals surface area contributed by atoms with E-state index in [2.05, 4.69) is 21.3 Å². The molecule has 0 saturated carbocycles. The quantitative estimate of drug-likeness (QED) is 0.232. The lowest BCUT2D eigenvalue weighted by Crippen LogP contribution is -2.63. The first-order valence-corrected chi connectivity index (χ1v) is 14.6. The normalized spacial score (nSPS) is 29.9. The standard InChI is InChI=1S/C24H38N4O6S2/c1-13(2)18-21(31)25-16-12-36-35-10-8-7-9-15(11-17(29)26-18)34-22(32)19(14(3)4)27-23(33)24(5,6)28-20(16)30/h7,9,13-16,18-19H,8,10-12H2,1-6H3,(H,25,31)(H,26,29)(H,27,33)(H,28,30)/b9-7+/t15?,16-,18+,19+/m1/s1. The van der Waals surface area contributed by atoms with E-state index in [1.54, 1.807) is 33.8 Å². The molecule has 10 nitrogen and oxygen atoms in total. The number of hydrogen-bond acceptors (Lipinski definition) is 8. The molecule has 2 heterocycles. The van der Waals surface area contributed by atoms with Crippen molar-refractivity contribution in [1.82, 2.24) is 21.3 Å². The number of rotatable bonds is 2. The third-order valence-electron chi connectivity index (χ3n) is 5.80. The van der Waals surface area contributed by atoms with E-state index in [1.807, 2.05) is 6.08 Å². The van der Waals surface area contributed by atoms with Gasteiger partial charge in [0.05, 0.1) is 6.42 Å². The van der Waals surface area contributed by atoms with Crippen molar-refractivity contribution in [2.45, 2.75) is 84.2 Å². The van der Waals surface area contributed by atoms with Crippen LogP contribution in [0.4, 0.5) is 0 Å². The molecule has 4 atom stereocenters. The average Bonchev–Trinajstić information content (AvgIpc) is 2.77. The molecule has 2 bridgehead atoms. The molecule has 2 rings (SSSR count). The Kier molecular flexibility index (Phi) is 11.1. The molecule has 0 spiro atoms. The van der Waals surface area contributed by atoms with Crippen molar-refractivity contribution >= 4 is 51.2 Å². The summed E-state index contributed by atoms with van der Waals surface area (Å²) in [6, 6.07) is -2.82. The van der Waals surface area contributed by atoms with E-state index in [4.69, 9.17) is 4.74 Å². The first-order chi connectivity index (χ1) is 16.8. The minimum Gasteiger partial charge on any atom is -0.456 e. The first kappa shape index (κ1) is 30.0. The summed E-state index contributed by atoms with van der Waals surface area (Å²) in [6.07, 6.45) is 3.11. The Morgan fingerprint density at radius 2 is 1.58 bits per heavy atom. The summed E-state index contributed by atoms with van der Waals surface area (Å²) in [5.41, 5.74) is -1.37. The largest absolute Gasteiger partial charge is 0.456 e. The number of hydrogen-bond donors (Lipinski definition) is 4. The predicted octanol–water partition coefficient (Wildman–Crippen LogP) is 1.30. The van der Waals surface area contributed by atoms with Gasteiger partial charge in [-0.1, -0.05) is 55.4 Å². The van der Waals surface area contributed by atoms with Crippen LogP contribution in [0.5, 0.6) is 0 Å². The zero-order valence-electron chi connectivity index (χ0n) is 21.7. The van der Waals surface area contributed by atoms with E-state index < -0.39 is 59.4 Å². The van der Waals surface area contributed by atoms with Gasteiger partial charge in [-0.05, 0) is 38.2 Å². The molecule has 1 fully saturated rings. The fraction of sp³-hybridized carbons (Fsp3) is 0.708. The van der Waals surface area contributed by atoms with Crippen molar-refractivity contribution in [1.29, 1.82) is 0 Å². The smallest absolute Gasteiger partial charge is 0.329 e. The van der Waals surface area contributed by atoms with Crippen LogP contribution in [0.15, 0.2) is 12.2 Å². The molecule has 0 aromatic heterocycles.